The van der Waals surface area contributed by atoms with Crippen LogP contribution in [0.25, 0.3) is 0 Å². The highest BCUT2D eigenvalue weighted by atomic mass is 35.5. The molecule has 0 saturated carbocycles. The lowest BCUT2D eigenvalue weighted by Crippen LogP contribution is -2.24. The third-order valence-electron chi connectivity index (χ3n) is 1.64. The molecule has 0 spiro atoms. The molecule has 1 rings (SSSR count). The first kappa shape index (κ1) is 15.0. The Kier molecular flexibility index (Phi) is 6.18. The summed E-state index contributed by atoms with van der Waals surface area (Å²) in [4.78, 5) is 14.6. The topological polar surface area (TPSA) is 81.5 Å². The monoisotopic (exact) mass is 285 g/mol. The van der Waals surface area contributed by atoms with Gasteiger partial charge in [-0.2, -0.15) is 4.99 Å². The number of benzene rings is 1. The third-order valence-corrected chi connectivity index (χ3v) is 2.35. The van der Waals surface area contributed by atoms with E-state index in [2.05, 4.69) is 4.99 Å². The molecule has 7 heteroatoms. The van der Waals surface area contributed by atoms with Gasteiger partial charge in [0.2, 0.25) is 0 Å². The predicted octanol–water partition coefficient (Wildman–Crippen LogP) is 1.76. The van der Waals surface area contributed by atoms with E-state index in [1.54, 1.807) is 18.2 Å². The highest BCUT2D eigenvalue weighted by Gasteiger charge is 2.09. The standard InChI is InChI=1S/C9H9Cl2N3O.ClH/c10-6-2-1-3-7(11)5(6)4-8(15)14-9(12)13;/h1-3H,4H2,(H4,12,13,14,15);1H/i9+1,12+1,13+1,14+1;. The Bertz CT molecular complexity index is 396. The zero-order valence-electron chi connectivity index (χ0n) is 8.11. The Hall–Kier alpha value is -0.970. The lowest BCUT2D eigenvalue weighted by molar-refractivity contribution is -0.117. The summed E-state index contributed by atoms with van der Waals surface area (Å²) in [6, 6.07) is 4.98. The van der Waals surface area contributed by atoms with E-state index in [0.29, 0.717) is 15.6 Å². The van der Waals surface area contributed by atoms with Crippen molar-refractivity contribution in [1.29, 1.82) is 0 Å². The molecule has 0 atom stereocenters. The molecule has 0 radical (unpaired) electrons. The number of nitrogens with two attached hydrogens (primary N) is 2. The van der Waals surface area contributed by atoms with Crippen molar-refractivity contribution in [3.8, 4) is 0 Å². The number of halogens is 3. The molecule has 0 unspecified atom stereocenters. The van der Waals surface area contributed by atoms with E-state index in [1.807, 2.05) is 0 Å². The normalized spacial score (nSPS) is 9.12. The Morgan fingerprint density at radius 2 is 1.75 bits per heavy atom. The number of carbonyl (C=O) groups is 1. The van der Waals surface area contributed by atoms with E-state index in [0.717, 1.165) is 0 Å². The van der Waals surface area contributed by atoms with E-state index >= 15 is 0 Å². The minimum atomic E-state index is -0.481. The number of nitrogens with zero attached hydrogens (tertiary/aromatic N) is 1. The van der Waals surface area contributed by atoms with Gasteiger partial charge in [0, 0.05) is 10.0 Å². The molecule has 0 bridgehead atoms. The van der Waals surface area contributed by atoms with Gasteiger partial charge in [0.05, 0.1) is 6.42 Å². The highest BCUT2D eigenvalue weighted by Crippen LogP contribution is 2.24. The number of carbonyl (C=O) groups excluding carboxylic acids is 1. The summed E-state index contributed by atoms with van der Waals surface area (Å²) < 4.78 is 0. The summed E-state index contributed by atoms with van der Waals surface area (Å²) in [6.45, 7) is 0. The van der Waals surface area contributed by atoms with Gasteiger partial charge in [-0.3, -0.25) is 4.79 Å². The first-order valence-corrected chi connectivity index (χ1v) is 4.81. The zero-order valence-corrected chi connectivity index (χ0v) is 10.4. The fraction of sp³-hybridized carbons (Fsp3) is 0.111. The van der Waals surface area contributed by atoms with Crippen molar-refractivity contribution in [3.63, 3.8) is 0 Å². The van der Waals surface area contributed by atoms with Gasteiger partial charge in [0.25, 0.3) is 5.91 Å². The number of aliphatic imine (C=N–C) groups is 1. The summed E-state index contributed by atoms with van der Waals surface area (Å²) in [5, 5.41) is 0.836. The fourth-order valence-electron chi connectivity index (χ4n) is 1.04. The molecule has 88 valence electrons. The zero-order chi connectivity index (χ0) is 11.4. The summed E-state index contributed by atoms with van der Waals surface area (Å²) >= 11 is 11.7. The Balaban J connectivity index is 0.00000225. The second kappa shape index (κ2) is 6.58. The number of amides is 1. The summed E-state index contributed by atoms with van der Waals surface area (Å²) in [6.07, 6.45) is -0.0175. The minimum absolute atomic E-state index is 0. The lowest BCUT2D eigenvalue weighted by Gasteiger charge is -2.03. The summed E-state index contributed by atoms with van der Waals surface area (Å²) in [5.74, 6) is -0.756. The maximum Gasteiger partial charge on any atom is 0.253 e. The lowest BCUT2D eigenvalue weighted by atomic mass is 10.1. The average Bonchev–Trinajstić information content (AvgIpc) is 2.10. The van der Waals surface area contributed by atoms with Crippen molar-refractivity contribution in [1.82, 2.24) is 0 Å². The van der Waals surface area contributed by atoms with Crippen molar-refractivity contribution < 1.29 is 4.79 Å². The van der Waals surface area contributed by atoms with E-state index in [4.69, 9.17) is 34.7 Å². The van der Waals surface area contributed by atoms with Crippen molar-refractivity contribution in [2.45, 2.75) is 6.42 Å². The highest BCUT2D eigenvalue weighted by molar-refractivity contribution is 6.36. The van der Waals surface area contributed by atoms with Crippen LogP contribution in [0.5, 0.6) is 0 Å². The van der Waals surface area contributed by atoms with Gasteiger partial charge in [0.15, 0.2) is 5.96 Å². The van der Waals surface area contributed by atoms with Crippen LogP contribution in [-0.4, -0.2) is 11.9 Å². The molecule has 1 aromatic carbocycles. The van der Waals surface area contributed by atoms with Crippen LogP contribution in [0.3, 0.4) is 0 Å². The van der Waals surface area contributed by atoms with Crippen molar-refractivity contribution >= 4 is 47.5 Å². The molecule has 4 N–H and O–H groups in total. The van der Waals surface area contributed by atoms with Gasteiger partial charge in [0.1, 0.15) is 0 Å². The molecule has 4 nitrogen and oxygen atoms in total. The van der Waals surface area contributed by atoms with Crippen LogP contribution in [0.4, 0.5) is 0 Å². The van der Waals surface area contributed by atoms with Gasteiger partial charge in [-0.1, -0.05) is 29.3 Å². The van der Waals surface area contributed by atoms with Crippen LogP contribution in [-0.2, 0) is 11.2 Å². The van der Waals surface area contributed by atoms with Crippen LogP contribution < -0.4 is 11.5 Å². The SMILES string of the molecule is Cl.[15NH2][13C]([15NH2])=[15N]C(=O)Cc1c(Cl)cccc1Cl. The molecule has 0 heterocycles. The molecule has 1 amide bonds. The summed E-state index contributed by atoms with van der Waals surface area (Å²) in [7, 11) is 0. The molecule has 1 aromatic rings. The first-order valence-electron chi connectivity index (χ1n) is 4.06. The molecule has 0 fully saturated rings. The van der Waals surface area contributed by atoms with Crippen molar-refractivity contribution in [3.05, 3.63) is 33.8 Å². The third kappa shape index (κ3) is 4.26. The van der Waals surface area contributed by atoms with E-state index in [-0.39, 0.29) is 24.8 Å². The maximum atomic E-state index is 11.3. The van der Waals surface area contributed by atoms with Crippen LogP contribution in [0.1, 0.15) is 5.56 Å². The molecular formula is C9H10Cl3N3O. The van der Waals surface area contributed by atoms with Crippen LogP contribution in [0.2, 0.25) is 10.0 Å². The second-order valence-electron chi connectivity index (χ2n) is 2.81. The number of rotatable bonds is 2. The van der Waals surface area contributed by atoms with Gasteiger partial charge in [-0.05, 0) is 17.7 Å². The van der Waals surface area contributed by atoms with Gasteiger partial charge in [-0.25, -0.2) is 0 Å². The minimum Gasteiger partial charge on any atom is -0.370 e. The predicted molar refractivity (Wildman–Crippen MR) is 68.2 cm³/mol. The number of guanidine groups is 1. The average molecular weight is 287 g/mol. The number of hydrogen-bond donors (Lipinski definition) is 2. The Morgan fingerprint density at radius 3 is 2.19 bits per heavy atom. The van der Waals surface area contributed by atoms with E-state index in [9.17, 15) is 4.79 Å². The maximum absolute atomic E-state index is 11.3. The quantitative estimate of drug-likeness (QED) is 0.376. The molecule has 16 heavy (non-hydrogen) atoms. The summed E-state index contributed by atoms with van der Waals surface area (Å²) in [5.41, 5.74) is 10.7. The Labute approximate surface area is 109 Å². The second-order valence-corrected chi connectivity index (χ2v) is 3.62. The van der Waals surface area contributed by atoms with E-state index < -0.39 is 5.91 Å². The number of hydrogen-bond acceptors (Lipinski definition) is 1. The van der Waals surface area contributed by atoms with Crippen molar-refractivity contribution in [2.24, 2.45) is 16.5 Å². The smallest absolute Gasteiger partial charge is 0.253 e. The van der Waals surface area contributed by atoms with E-state index in [1.165, 1.54) is 0 Å². The molecule has 0 aliphatic rings. The molecule has 0 aliphatic carbocycles. The first-order chi connectivity index (χ1) is 7.00. The molecule has 0 saturated heterocycles. The molecule has 0 aromatic heterocycles. The van der Waals surface area contributed by atoms with Crippen molar-refractivity contribution in [2.75, 3.05) is 0 Å². The Morgan fingerprint density at radius 1 is 1.25 bits per heavy atom. The molecule has 0 aliphatic heterocycles. The fourth-order valence-corrected chi connectivity index (χ4v) is 1.57. The van der Waals surface area contributed by atoms with Gasteiger partial charge < -0.3 is 11.5 Å². The van der Waals surface area contributed by atoms with Crippen LogP contribution in [0, 0.1) is 0 Å². The largest absolute Gasteiger partial charge is 0.370 e. The van der Waals surface area contributed by atoms with Gasteiger partial charge >= 0.3 is 0 Å². The molecular weight excluding hydrogens is 276 g/mol. The van der Waals surface area contributed by atoms with Crippen LogP contribution >= 0.6 is 35.6 Å². The van der Waals surface area contributed by atoms with Gasteiger partial charge in [-0.15, -0.1) is 12.4 Å². The van der Waals surface area contributed by atoms with Crippen LogP contribution in [0.15, 0.2) is 23.2 Å².